The van der Waals surface area contributed by atoms with Gasteiger partial charge in [-0.2, -0.15) is 0 Å². The second kappa shape index (κ2) is 7.63. The summed E-state index contributed by atoms with van der Waals surface area (Å²) in [5, 5.41) is 0. The summed E-state index contributed by atoms with van der Waals surface area (Å²) < 4.78 is 12.2. The fourth-order valence-electron chi connectivity index (χ4n) is 3.20. The number of nitrogens with two attached hydrogens (primary N) is 1. The van der Waals surface area contributed by atoms with E-state index < -0.39 is 0 Å². The lowest BCUT2D eigenvalue weighted by Crippen LogP contribution is -2.26. The molecule has 0 aliphatic heterocycles. The second-order valence-corrected chi connectivity index (χ2v) is 6.75. The van der Waals surface area contributed by atoms with Crippen molar-refractivity contribution in [1.82, 2.24) is 0 Å². The standard InChI is InChI=1S/C23H23NO2/c24-23(17-8-7-9-17)18-14-15-21(25-19-10-3-1-4-11-19)22(16-18)26-20-12-5-2-6-13-20/h1-6,10-17,23H,7-9,24H2/t23-/m0/s1. The third kappa shape index (κ3) is 3.73. The topological polar surface area (TPSA) is 44.5 Å². The molecular weight excluding hydrogens is 322 g/mol. The molecule has 3 nitrogen and oxygen atoms in total. The minimum absolute atomic E-state index is 0.0487. The number of hydrogen-bond acceptors (Lipinski definition) is 3. The first-order valence-electron chi connectivity index (χ1n) is 9.15. The summed E-state index contributed by atoms with van der Waals surface area (Å²) in [6, 6.07) is 25.6. The molecule has 1 aliphatic rings. The molecule has 132 valence electrons. The van der Waals surface area contributed by atoms with Gasteiger partial charge < -0.3 is 15.2 Å². The summed E-state index contributed by atoms with van der Waals surface area (Å²) in [6.07, 6.45) is 3.69. The predicted octanol–water partition coefficient (Wildman–Crippen LogP) is 6.07. The Morgan fingerprint density at radius 1 is 0.731 bits per heavy atom. The van der Waals surface area contributed by atoms with Crippen LogP contribution in [0.3, 0.4) is 0 Å². The smallest absolute Gasteiger partial charge is 0.170 e. The molecule has 26 heavy (non-hydrogen) atoms. The zero-order chi connectivity index (χ0) is 17.8. The first-order valence-corrected chi connectivity index (χ1v) is 9.15. The molecule has 2 N–H and O–H groups in total. The number of benzene rings is 3. The second-order valence-electron chi connectivity index (χ2n) is 6.75. The van der Waals surface area contributed by atoms with Gasteiger partial charge in [-0.1, -0.05) is 48.9 Å². The molecule has 3 aromatic carbocycles. The predicted molar refractivity (Wildman–Crippen MR) is 104 cm³/mol. The molecule has 3 aromatic rings. The molecule has 0 saturated heterocycles. The molecule has 4 rings (SSSR count). The molecule has 0 amide bonds. The maximum absolute atomic E-state index is 6.47. The van der Waals surface area contributed by atoms with Gasteiger partial charge in [0.25, 0.3) is 0 Å². The Kier molecular flexibility index (Phi) is 4.89. The van der Waals surface area contributed by atoms with Crippen molar-refractivity contribution >= 4 is 0 Å². The van der Waals surface area contributed by atoms with Crippen LogP contribution in [0.15, 0.2) is 78.9 Å². The maximum atomic E-state index is 6.47. The van der Waals surface area contributed by atoms with Gasteiger partial charge in [-0.05, 0) is 60.7 Å². The van der Waals surface area contributed by atoms with Crippen molar-refractivity contribution in [2.75, 3.05) is 0 Å². The molecule has 0 heterocycles. The Morgan fingerprint density at radius 2 is 1.31 bits per heavy atom. The van der Waals surface area contributed by atoms with Crippen LogP contribution in [0, 0.1) is 5.92 Å². The molecule has 3 heteroatoms. The Balaban J connectivity index is 1.65. The van der Waals surface area contributed by atoms with E-state index in [1.165, 1.54) is 19.3 Å². The van der Waals surface area contributed by atoms with Crippen molar-refractivity contribution in [3.05, 3.63) is 84.4 Å². The van der Waals surface area contributed by atoms with Crippen LogP contribution in [-0.2, 0) is 0 Å². The molecule has 1 aliphatic carbocycles. The number of para-hydroxylation sites is 2. The molecule has 1 atom stereocenters. The fourth-order valence-corrected chi connectivity index (χ4v) is 3.20. The first kappa shape index (κ1) is 16.7. The van der Waals surface area contributed by atoms with E-state index >= 15 is 0 Å². The summed E-state index contributed by atoms with van der Waals surface area (Å²) >= 11 is 0. The lowest BCUT2D eigenvalue weighted by atomic mass is 9.77. The Bertz CT molecular complexity index is 845. The van der Waals surface area contributed by atoms with Crippen LogP contribution in [0.5, 0.6) is 23.0 Å². The molecule has 0 spiro atoms. The van der Waals surface area contributed by atoms with Crippen LogP contribution < -0.4 is 15.2 Å². The minimum Gasteiger partial charge on any atom is -0.453 e. The van der Waals surface area contributed by atoms with Crippen molar-refractivity contribution in [2.24, 2.45) is 11.7 Å². The van der Waals surface area contributed by atoms with Gasteiger partial charge in [-0.15, -0.1) is 0 Å². The molecule has 0 bridgehead atoms. The summed E-state index contributed by atoms with van der Waals surface area (Å²) in [7, 11) is 0. The molecule has 0 radical (unpaired) electrons. The number of ether oxygens (including phenoxy) is 2. The van der Waals surface area contributed by atoms with E-state index in [2.05, 4.69) is 6.07 Å². The third-order valence-electron chi connectivity index (χ3n) is 4.95. The van der Waals surface area contributed by atoms with Crippen molar-refractivity contribution in [3.63, 3.8) is 0 Å². The number of hydrogen-bond donors (Lipinski definition) is 1. The van der Waals surface area contributed by atoms with Gasteiger partial charge in [0.15, 0.2) is 11.5 Å². The zero-order valence-electron chi connectivity index (χ0n) is 14.7. The van der Waals surface area contributed by atoms with Crippen LogP contribution >= 0.6 is 0 Å². The molecule has 0 unspecified atom stereocenters. The SMILES string of the molecule is N[C@H](c1ccc(Oc2ccccc2)c(Oc2ccccc2)c1)C1CCC1. The summed E-state index contributed by atoms with van der Waals surface area (Å²) in [4.78, 5) is 0. The molecule has 1 saturated carbocycles. The molecule has 1 fully saturated rings. The van der Waals surface area contributed by atoms with E-state index in [1.807, 2.05) is 72.8 Å². The zero-order valence-corrected chi connectivity index (χ0v) is 14.7. The highest BCUT2D eigenvalue weighted by atomic mass is 16.5. The largest absolute Gasteiger partial charge is 0.453 e. The van der Waals surface area contributed by atoms with Crippen LogP contribution in [0.2, 0.25) is 0 Å². The average Bonchev–Trinajstić information content (AvgIpc) is 2.63. The third-order valence-corrected chi connectivity index (χ3v) is 4.95. The van der Waals surface area contributed by atoms with Gasteiger partial charge in [0.05, 0.1) is 0 Å². The highest BCUT2D eigenvalue weighted by molar-refractivity contribution is 5.48. The van der Waals surface area contributed by atoms with Crippen molar-refractivity contribution < 1.29 is 9.47 Å². The lowest BCUT2D eigenvalue weighted by Gasteiger charge is -2.31. The summed E-state index contributed by atoms with van der Waals surface area (Å²) in [5.41, 5.74) is 7.57. The number of rotatable bonds is 6. The average molecular weight is 345 g/mol. The summed E-state index contributed by atoms with van der Waals surface area (Å²) in [5.74, 6) is 3.50. The van der Waals surface area contributed by atoms with Crippen LogP contribution in [0.1, 0.15) is 30.9 Å². The lowest BCUT2D eigenvalue weighted by molar-refractivity contribution is 0.264. The highest BCUT2D eigenvalue weighted by Gasteiger charge is 2.26. The van der Waals surface area contributed by atoms with Gasteiger partial charge in [-0.25, -0.2) is 0 Å². The van der Waals surface area contributed by atoms with E-state index in [4.69, 9.17) is 15.2 Å². The van der Waals surface area contributed by atoms with Gasteiger partial charge in [0, 0.05) is 6.04 Å². The Morgan fingerprint density at radius 3 is 1.85 bits per heavy atom. The molecule has 0 aromatic heterocycles. The quantitative estimate of drug-likeness (QED) is 0.589. The van der Waals surface area contributed by atoms with E-state index in [1.54, 1.807) is 0 Å². The van der Waals surface area contributed by atoms with Crippen LogP contribution in [0.4, 0.5) is 0 Å². The van der Waals surface area contributed by atoms with E-state index in [0.717, 1.165) is 17.1 Å². The maximum Gasteiger partial charge on any atom is 0.170 e. The van der Waals surface area contributed by atoms with Crippen molar-refractivity contribution in [1.29, 1.82) is 0 Å². The van der Waals surface area contributed by atoms with Gasteiger partial charge >= 0.3 is 0 Å². The Hall–Kier alpha value is -2.78. The van der Waals surface area contributed by atoms with Crippen LogP contribution in [0.25, 0.3) is 0 Å². The normalized spacial score (nSPS) is 15.1. The Labute approximate surface area is 154 Å². The van der Waals surface area contributed by atoms with E-state index in [9.17, 15) is 0 Å². The first-order chi connectivity index (χ1) is 12.8. The highest BCUT2D eigenvalue weighted by Crippen LogP contribution is 2.41. The van der Waals surface area contributed by atoms with Gasteiger partial charge in [0.1, 0.15) is 11.5 Å². The van der Waals surface area contributed by atoms with Crippen LogP contribution in [-0.4, -0.2) is 0 Å². The van der Waals surface area contributed by atoms with Gasteiger partial charge in [0.2, 0.25) is 0 Å². The van der Waals surface area contributed by atoms with Crippen molar-refractivity contribution in [2.45, 2.75) is 25.3 Å². The van der Waals surface area contributed by atoms with E-state index in [0.29, 0.717) is 17.4 Å². The minimum atomic E-state index is 0.0487. The van der Waals surface area contributed by atoms with Crippen molar-refractivity contribution in [3.8, 4) is 23.0 Å². The van der Waals surface area contributed by atoms with E-state index in [-0.39, 0.29) is 6.04 Å². The van der Waals surface area contributed by atoms with Gasteiger partial charge in [-0.3, -0.25) is 0 Å². The molecular formula is C23H23NO2. The monoisotopic (exact) mass is 345 g/mol. The fraction of sp³-hybridized carbons (Fsp3) is 0.217. The summed E-state index contributed by atoms with van der Waals surface area (Å²) in [6.45, 7) is 0.